The first kappa shape index (κ1) is 24.0. The molecule has 0 aliphatic heterocycles. The normalized spacial score (nSPS) is 12.1. The summed E-state index contributed by atoms with van der Waals surface area (Å²) in [5.41, 5.74) is 1.79. The van der Waals surface area contributed by atoms with Gasteiger partial charge in [-0.2, -0.15) is 0 Å². The number of carbonyl (C=O) groups excluding carboxylic acids is 1. The molecule has 0 saturated carbocycles. The molecule has 7 nitrogen and oxygen atoms in total. The number of aromatic nitrogens is 1. The maximum Gasteiger partial charge on any atom is 0.269 e. The summed E-state index contributed by atoms with van der Waals surface area (Å²) in [4.78, 5) is 31.2. The van der Waals surface area contributed by atoms with Crippen LogP contribution in [0.5, 0.6) is 0 Å². The van der Waals surface area contributed by atoms with Crippen molar-refractivity contribution in [3.8, 4) is 9.88 Å². The van der Waals surface area contributed by atoms with E-state index < -0.39 is 4.92 Å². The number of thiophene rings is 1. The van der Waals surface area contributed by atoms with E-state index in [1.54, 1.807) is 34.8 Å². The minimum Gasteiger partial charge on any atom is -0.347 e. The molecule has 0 saturated heterocycles. The van der Waals surface area contributed by atoms with Crippen molar-refractivity contribution in [1.82, 2.24) is 15.2 Å². The molecule has 2 heterocycles. The fourth-order valence-corrected chi connectivity index (χ4v) is 5.02. The third-order valence-electron chi connectivity index (χ3n) is 5.04. The molecule has 1 amide bonds. The Labute approximate surface area is 196 Å². The molecule has 170 valence electrons. The number of unbranched alkanes of at least 4 members (excludes halogenated alkanes) is 2. The summed E-state index contributed by atoms with van der Waals surface area (Å²) in [5, 5.41) is 19.0. The summed E-state index contributed by atoms with van der Waals surface area (Å²) < 4.78 is 0. The van der Waals surface area contributed by atoms with Crippen molar-refractivity contribution in [2.75, 3.05) is 20.6 Å². The first-order chi connectivity index (χ1) is 15.4. The highest BCUT2D eigenvalue weighted by molar-refractivity contribution is 7.20. The van der Waals surface area contributed by atoms with Gasteiger partial charge in [0.2, 0.25) is 5.91 Å². The minimum absolute atomic E-state index is 0.00689. The molecule has 1 atom stereocenters. The Morgan fingerprint density at radius 1 is 1.16 bits per heavy atom. The molecule has 32 heavy (non-hydrogen) atoms. The highest BCUT2D eigenvalue weighted by Gasteiger charge is 2.20. The minimum atomic E-state index is -0.410. The number of carbonyl (C=O) groups is 1. The number of non-ortho nitro benzene ring substituents is 1. The Kier molecular flexibility index (Phi) is 8.90. The lowest BCUT2D eigenvalue weighted by Gasteiger charge is -2.17. The summed E-state index contributed by atoms with van der Waals surface area (Å²) in [5.74, 6) is 0.00689. The van der Waals surface area contributed by atoms with Gasteiger partial charge in [0, 0.05) is 23.9 Å². The van der Waals surface area contributed by atoms with Crippen LogP contribution in [0.3, 0.4) is 0 Å². The second-order valence-corrected chi connectivity index (χ2v) is 9.72. The molecule has 0 radical (unpaired) electrons. The van der Waals surface area contributed by atoms with Gasteiger partial charge in [-0.25, -0.2) is 4.98 Å². The number of hydrogen-bond acceptors (Lipinski definition) is 7. The topological polar surface area (TPSA) is 88.4 Å². The van der Waals surface area contributed by atoms with Gasteiger partial charge in [0.1, 0.15) is 5.01 Å². The van der Waals surface area contributed by atoms with Crippen LogP contribution in [0.2, 0.25) is 0 Å². The van der Waals surface area contributed by atoms with Crippen LogP contribution in [-0.4, -0.2) is 41.4 Å². The summed E-state index contributed by atoms with van der Waals surface area (Å²) >= 11 is 3.19. The van der Waals surface area contributed by atoms with Gasteiger partial charge in [-0.05, 0) is 56.9 Å². The number of nitrogens with one attached hydrogen (secondary N) is 1. The van der Waals surface area contributed by atoms with Gasteiger partial charge in [0.15, 0.2) is 0 Å². The van der Waals surface area contributed by atoms with E-state index in [0.29, 0.717) is 12.8 Å². The molecule has 9 heteroatoms. The molecular formula is C23H28N4O3S2. The maximum atomic E-state index is 12.7. The third kappa shape index (κ3) is 7.22. The van der Waals surface area contributed by atoms with Crippen molar-refractivity contribution in [3.05, 3.63) is 68.5 Å². The summed E-state index contributed by atoms with van der Waals surface area (Å²) in [7, 11) is 4.10. The summed E-state index contributed by atoms with van der Waals surface area (Å²) in [6.45, 7) is 1.02. The van der Waals surface area contributed by atoms with Crippen molar-refractivity contribution in [2.24, 2.45) is 0 Å². The molecule has 0 aliphatic carbocycles. The van der Waals surface area contributed by atoms with Crippen LogP contribution >= 0.6 is 22.7 Å². The van der Waals surface area contributed by atoms with E-state index >= 15 is 0 Å². The number of benzene rings is 1. The van der Waals surface area contributed by atoms with Gasteiger partial charge in [-0.3, -0.25) is 14.9 Å². The van der Waals surface area contributed by atoms with Crippen molar-refractivity contribution in [3.63, 3.8) is 0 Å². The number of nitro benzene ring substituents is 1. The lowest BCUT2D eigenvalue weighted by Crippen LogP contribution is -2.30. The van der Waals surface area contributed by atoms with E-state index in [4.69, 9.17) is 4.98 Å². The molecule has 0 fully saturated rings. The first-order valence-corrected chi connectivity index (χ1v) is 12.3. The van der Waals surface area contributed by atoms with Crippen LogP contribution in [0.25, 0.3) is 9.88 Å². The predicted molar refractivity (Wildman–Crippen MR) is 130 cm³/mol. The zero-order valence-electron chi connectivity index (χ0n) is 18.3. The molecule has 0 unspecified atom stereocenters. The Bertz CT molecular complexity index is 1000. The molecule has 0 aliphatic rings. The molecular weight excluding hydrogens is 444 g/mol. The van der Waals surface area contributed by atoms with Crippen LogP contribution in [0, 0.1) is 10.1 Å². The number of nitrogens with zero attached hydrogens (tertiary/aromatic N) is 3. The van der Waals surface area contributed by atoms with Gasteiger partial charge in [0.05, 0.1) is 21.5 Å². The van der Waals surface area contributed by atoms with Crippen molar-refractivity contribution >= 4 is 34.3 Å². The van der Waals surface area contributed by atoms with Gasteiger partial charge >= 0.3 is 0 Å². The van der Waals surface area contributed by atoms with E-state index in [-0.39, 0.29) is 17.6 Å². The van der Waals surface area contributed by atoms with Crippen molar-refractivity contribution < 1.29 is 9.72 Å². The Morgan fingerprint density at radius 2 is 1.94 bits per heavy atom. The largest absolute Gasteiger partial charge is 0.347 e. The highest BCUT2D eigenvalue weighted by Crippen LogP contribution is 2.31. The van der Waals surface area contributed by atoms with Crippen molar-refractivity contribution in [2.45, 2.75) is 38.1 Å². The summed E-state index contributed by atoms with van der Waals surface area (Å²) in [6, 6.07) is 10.2. The number of amides is 1. The number of rotatable bonds is 12. The number of thiazole rings is 1. The molecule has 0 bridgehead atoms. The first-order valence-electron chi connectivity index (χ1n) is 10.6. The van der Waals surface area contributed by atoms with E-state index in [1.165, 1.54) is 12.1 Å². The smallest absolute Gasteiger partial charge is 0.269 e. The number of hydrogen-bond donors (Lipinski definition) is 1. The SMILES string of the molecule is CN(C)CCCCCC(=O)N[C@@H](Cc1ccc([N+](=O)[O-])cc1)c1csc(-c2cccs2)n1. The van der Waals surface area contributed by atoms with Crippen LogP contribution in [-0.2, 0) is 11.2 Å². The maximum absolute atomic E-state index is 12.7. The highest BCUT2D eigenvalue weighted by atomic mass is 32.1. The average molecular weight is 473 g/mol. The second-order valence-electron chi connectivity index (χ2n) is 7.92. The second kappa shape index (κ2) is 11.8. The quantitative estimate of drug-likeness (QED) is 0.219. The lowest BCUT2D eigenvalue weighted by molar-refractivity contribution is -0.384. The van der Waals surface area contributed by atoms with E-state index in [2.05, 4.69) is 10.2 Å². The molecule has 2 aromatic heterocycles. The van der Waals surface area contributed by atoms with Crippen LogP contribution in [0.1, 0.15) is 43.0 Å². The molecule has 0 spiro atoms. The Hall–Kier alpha value is -2.62. The molecule has 3 aromatic rings. The number of nitro groups is 1. The van der Waals surface area contributed by atoms with Crippen molar-refractivity contribution in [1.29, 1.82) is 0 Å². The fraction of sp³-hybridized carbons (Fsp3) is 0.391. The van der Waals surface area contributed by atoms with Gasteiger partial charge in [-0.15, -0.1) is 22.7 Å². The lowest BCUT2D eigenvalue weighted by atomic mass is 10.0. The van der Waals surface area contributed by atoms with Gasteiger partial charge < -0.3 is 10.2 Å². The fourth-order valence-electron chi connectivity index (χ4n) is 3.34. The van der Waals surface area contributed by atoms with E-state index in [9.17, 15) is 14.9 Å². The average Bonchev–Trinajstić information content (AvgIpc) is 3.45. The Morgan fingerprint density at radius 3 is 2.59 bits per heavy atom. The standard InChI is InChI=1S/C23H28N4O3S2/c1-26(2)13-5-3-4-8-22(28)24-19(15-17-9-11-18(12-10-17)27(29)30)20-16-32-23(25-20)21-7-6-14-31-21/h6-7,9-12,14,16,19H,3-5,8,13,15H2,1-2H3,(H,24,28)/t19-/m0/s1. The molecule has 1 N–H and O–H groups in total. The summed E-state index contributed by atoms with van der Waals surface area (Å²) in [6.07, 6.45) is 3.94. The van der Waals surface area contributed by atoms with E-state index in [0.717, 1.165) is 46.9 Å². The zero-order valence-corrected chi connectivity index (χ0v) is 20.0. The third-order valence-corrected chi connectivity index (χ3v) is 6.94. The van der Waals surface area contributed by atoms with Crippen LogP contribution in [0.4, 0.5) is 5.69 Å². The van der Waals surface area contributed by atoms with Gasteiger partial charge in [0.25, 0.3) is 5.69 Å². The zero-order chi connectivity index (χ0) is 22.9. The van der Waals surface area contributed by atoms with Crippen LogP contribution < -0.4 is 5.32 Å². The predicted octanol–water partition coefficient (Wildman–Crippen LogP) is 5.30. The van der Waals surface area contributed by atoms with E-state index in [1.807, 2.05) is 37.0 Å². The molecule has 3 rings (SSSR count). The van der Waals surface area contributed by atoms with Gasteiger partial charge in [-0.1, -0.05) is 24.6 Å². The molecule has 1 aromatic carbocycles. The monoisotopic (exact) mass is 472 g/mol. The Balaban J connectivity index is 1.68. The van der Waals surface area contributed by atoms with Crippen LogP contribution in [0.15, 0.2) is 47.2 Å².